The normalized spacial score (nSPS) is 14.2. The van der Waals surface area contributed by atoms with Crippen LogP contribution in [-0.2, 0) is 9.53 Å². The van der Waals surface area contributed by atoms with Crippen LogP contribution in [0.2, 0.25) is 10.0 Å². The molecule has 0 bridgehead atoms. The molecule has 0 aromatic heterocycles. The molecular formula is C19H18Cl2N2O3. The molecule has 0 N–H and O–H groups in total. The highest BCUT2D eigenvalue weighted by atomic mass is 35.5. The lowest BCUT2D eigenvalue weighted by molar-refractivity contribution is -0.134. The van der Waals surface area contributed by atoms with Crippen molar-refractivity contribution in [2.45, 2.75) is 0 Å². The van der Waals surface area contributed by atoms with Crippen LogP contribution in [0.15, 0.2) is 48.5 Å². The van der Waals surface area contributed by atoms with E-state index in [0.717, 1.165) is 18.8 Å². The minimum atomic E-state index is -0.597. The van der Waals surface area contributed by atoms with Gasteiger partial charge in [-0.1, -0.05) is 41.4 Å². The van der Waals surface area contributed by atoms with E-state index >= 15 is 0 Å². The number of esters is 1. The summed E-state index contributed by atoms with van der Waals surface area (Å²) < 4.78 is 5.10. The van der Waals surface area contributed by atoms with Gasteiger partial charge in [0.2, 0.25) is 0 Å². The monoisotopic (exact) mass is 392 g/mol. The number of ether oxygens (including phenoxy) is 1. The minimum absolute atomic E-state index is 0.203. The van der Waals surface area contributed by atoms with Gasteiger partial charge in [-0.3, -0.25) is 4.79 Å². The lowest BCUT2D eigenvalue weighted by atomic mass is 10.2. The third-order valence-electron chi connectivity index (χ3n) is 4.24. The number of rotatable bonds is 4. The van der Waals surface area contributed by atoms with Gasteiger partial charge >= 0.3 is 5.97 Å². The smallest absolute Gasteiger partial charge is 0.338 e. The van der Waals surface area contributed by atoms with Crippen LogP contribution in [0.25, 0.3) is 0 Å². The van der Waals surface area contributed by atoms with Crippen molar-refractivity contribution in [1.82, 2.24) is 4.90 Å². The Morgan fingerprint density at radius 3 is 2.27 bits per heavy atom. The second-order valence-corrected chi connectivity index (χ2v) is 6.72. The van der Waals surface area contributed by atoms with Gasteiger partial charge in [-0.2, -0.15) is 0 Å². The van der Waals surface area contributed by atoms with Crippen LogP contribution in [0.5, 0.6) is 0 Å². The summed E-state index contributed by atoms with van der Waals surface area (Å²) in [5.41, 5.74) is 1.41. The van der Waals surface area contributed by atoms with E-state index in [-0.39, 0.29) is 23.1 Å². The molecular weight excluding hydrogens is 375 g/mol. The van der Waals surface area contributed by atoms with Gasteiger partial charge in [0.05, 0.1) is 15.6 Å². The summed E-state index contributed by atoms with van der Waals surface area (Å²) in [6.07, 6.45) is 0. The number of piperazine rings is 1. The number of anilines is 1. The third-order valence-corrected chi connectivity index (χ3v) is 4.97. The molecule has 7 heteroatoms. The van der Waals surface area contributed by atoms with E-state index in [1.165, 1.54) is 18.2 Å². The van der Waals surface area contributed by atoms with Crippen LogP contribution >= 0.6 is 23.2 Å². The van der Waals surface area contributed by atoms with Crippen molar-refractivity contribution in [2.24, 2.45) is 0 Å². The number of amides is 1. The molecule has 0 saturated carbocycles. The predicted octanol–water partition coefficient (Wildman–Crippen LogP) is 3.50. The number of carbonyl (C=O) groups excluding carboxylic acids is 2. The van der Waals surface area contributed by atoms with Gasteiger partial charge in [0.25, 0.3) is 5.91 Å². The van der Waals surface area contributed by atoms with Gasteiger partial charge in [0.15, 0.2) is 6.61 Å². The number of hydrogen-bond donors (Lipinski definition) is 0. The number of para-hydroxylation sites is 1. The van der Waals surface area contributed by atoms with Crippen molar-refractivity contribution in [3.63, 3.8) is 0 Å². The summed E-state index contributed by atoms with van der Waals surface area (Å²) in [6, 6.07) is 14.5. The molecule has 0 atom stereocenters. The molecule has 2 aromatic rings. The molecule has 136 valence electrons. The average Bonchev–Trinajstić information content (AvgIpc) is 2.68. The molecule has 26 heavy (non-hydrogen) atoms. The van der Waals surface area contributed by atoms with E-state index in [0.29, 0.717) is 18.1 Å². The SMILES string of the molecule is O=C(OCC(=O)N1CCN(c2ccccc2)CC1)c1ccc(Cl)c(Cl)c1. The topological polar surface area (TPSA) is 49.9 Å². The quantitative estimate of drug-likeness (QED) is 0.747. The van der Waals surface area contributed by atoms with Gasteiger partial charge in [-0.05, 0) is 30.3 Å². The fraction of sp³-hybridized carbons (Fsp3) is 0.263. The van der Waals surface area contributed by atoms with Crippen LogP contribution in [0, 0.1) is 0 Å². The Balaban J connectivity index is 1.48. The molecule has 2 aromatic carbocycles. The highest BCUT2D eigenvalue weighted by Gasteiger charge is 2.22. The zero-order valence-corrected chi connectivity index (χ0v) is 15.5. The van der Waals surface area contributed by atoms with Crippen LogP contribution in [0.1, 0.15) is 10.4 Å². The zero-order chi connectivity index (χ0) is 18.5. The molecule has 1 amide bonds. The maximum absolute atomic E-state index is 12.3. The maximum atomic E-state index is 12.3. The number of hydrogen-bond acceptors (Lipinski definition) is 4. The summed E-state index contributed by atoms with van der Waals surface area (Å²) in [4.78, 5) is 28.2. The maximum Gasteiger partial charge on any atom is 0.338 e. The molecule has 0 aliphatic carbocycles. The minimum Gasteiger partial charge on any atom is -0.452 e. The lowest BCUT2D eigenvalue weighted by Crippen LogP contribution is -2.49. The number of benzene rings is 2. The van der Waals surface area contributed by atoms with Crippen LogP contribution in [0.3, 0.4) is 0 Å². The van der Waals surface area contributed by atoms with Crippen molar-refractivity contribution >= 4 is 40.8 Å². The molecule has 0 unspecified atom stereocenters. The lowest BCUT2D eigenvalue weighted by Gasteiger charge is -2.36. The Morgan fingerprint density at radius 2 is 1.62 bits per heavy atom. The molecule has 0 spiro atoms. The van der Waals surface area contributed by atoms with Gasteiger partial charge < -0.3 is 14.5 Å². The highest BCUT2D eigenvalue weighted by molar-refractivity contribution is 6.42. The fourth-order valence-electron chi connectivity index (χ4n) is 2.78. The summed E-state index contributed by atoms with van der Waals surface area (Å²) in [5, 5.41) is 0.625. The van der Waals surface area contributed by atoms with Crippen molar-refractivity contribution in [3.8, 4) is 0 Å². The largest absolute Gasteiger partial charge is 0.452 e. The molecule has 5 nitrogen and oxygen atoms in total. The predicted molar refractivity (Wildman–Crippen MR) is 102 cm³/mol. The molecule has 1 aliphatic heterocycles. The molecule has 1 fully saturated rings. The first-order valence-electron chi connectivity index (χ1n) is 8.24. The first kappa shape index (κ1) is 18.5. The Hall–Kier alpha value is -2.24. The molecule has 1 aliphatic rings. The van der Waals surface area contributed by atoms with Crippen molar-refractivity contribution in [1.29, 1.82) is 0 Å². The van der Waals surface area contributed by atoms with Crippen LogP contribution in [0.4, 0.5) is 5.69 Å². The first-order valence-corrected chi connectivity index (χ1v) is 9.00. The average molecular weight is 393 g/mol. The Kier molecular flexibility index (Phi) is 6.01. The first-order chi connectivity index (χ1) is 12.5. The van der Waals surface area contributed by atoms with Gasteiger partial charge in [0.1, 0.15) is 0 Å². The summed E-state index contributed by atoms with van der Waals surface area (Å²) >= 11 is 11.7. The molecule has 1 heterocycles. The van der Waals surface area contributed by atoms with Gasteiger partial charge in [-0.25, -0.2) is 4.79 Å². The standard InChI is InChI=1S/C19H18Cl2N2O3/c20-16-7-6-14(12-17(16)21)19(25)26-13-18(24)23-10-8-22(9-11-23)15-4-2-1-3-5-15/h1-7,12H,8-11,13H2. The second-order valence-electron chi connectivity index (χ2n) is 5.91. The van der Waals surface area contributed by atoms with Crippen molar-refractivity contribution in [3.05, 3.63) is 64.1 Å². The van der Waals surface area contributed by atoms with E-state index in [2.05, 4.69) is 17.0 Å². The molecule has 3 rings (SSSR count). The Morgan fingerprint density at radius 1 is 0.923 bits per heavy atom. The van der Waals surface area contributed by atoms with Crippen molar-refractivity contribution < 1.29 is 14.3 Å². The zero-order valence-electron chi connectivity index (χ0n) is 14.0. The van der Waals surface area contributed by atoms with E-state index in [4.69, 9.17) is 27.9 Å². The van der Waals surface area contributed by atoms with Crippen molar-refractivity contribution in [2.75, 3.05) is 37.7 Å². The number of nitrogens with zero attached hydrogens (tertiary/aromatic N) is 2. The number of halogens is 2. The van der Waals surface area contributed by atoms with Crippen LogP contribution < -0.4 is 4.90 Å². The number of carbonyl (C=O) groups is 2. The van der Waals surface area contributed by atoms with Gasteiger partial charge in [-0.15, -0.1) is 0 Å². The molecule has 0 radical (unpaired) electrons. The third kappa shape index (κ3) is 4.48. The van der Waals surface area contributed by atoms with Crippen LogP contribution in [-0.4, -0.2) is 49.6 Å². The highest BCUT2D eigenvalue weighted by Crippen LogP contribution is 2.23. The van der Waals surface area contributed by atoms with E-state index in [1.807, 2.05) is 18.2 Å². The van der Waals surface area contributed by atoms with Gasteiger partial charge in [0, 0.05) is 31.9 Å². The molecule has 1 saturated heterocycles. The fourth-order valence-corrected chi connectivity index (χ4v) is 3.08. The van der Waals surface area contributed by atoms with E-state index in [1.54, 1.807) is 4.90 Å². The van der Waals surface area contributed by atoms with E-state index < -0.39 is 5.97 Å². The Bertz CT molecular complexity index is 791. The van der Waals surface area contributed by atoms with E-state index in [9.17, 15) is 9.59 Å². The summed E-state index contributed by atoms with van der Waals surface area (Å²) in [5.74, 6) is -0.800. The second kappa shape index (κ2) is 8.43. The Labute approximate surface area is 162 Å². The summed E-state index contributed by atoms with van der Waals surface area (Å²) in [6.45, 7) is 2.40. The summed E-state index contributed by atoms with van der Waals surface area (Å²) in [7, 11) is 0.